The fourth-order valence-corrected chi connectivity index (χ4v) is 4.56. The van der Waals surface area contributed by atoms with Crippen molar-refractivity contribution in [2.24, 2.45) is 0 Å². The van der Waals surface area contributed by atoms with Gasteiger partial charge in [0.1, 0.15) is 12.4 Å². The van der Waals surface area contributed by atoms with Crippen LogP contribution in [0.5, 0.6) is 5.75 Å². The molecule has 1 aliphatic rings. The maximum absolute atomic E-state index is 13.8. The number of halogens is 2. The van der Waals surface area contributed by atoms with Gasteiger partial charge in [-0.15, -0.1) is 0 Å². The Hall–Kier alpha value is -3.21. The first kappa shape index (κ1) is 22.0. The molecule has 0 aromatic heterocycles. The monoisotopic (exact) mass is 435 g/mol. The average Bonchev–Trinajstić information content (AvgIpc) is 3.23. The summed E-state index contributed by atoms with van der Waals surface area (Å²) < 4.78 is 32.6. The quantitative estimate of drug-likeness (QED) is 0.489. The third-order valence-electron chi connectivity index (χ3n) is 6.06. The molecule has 0 heterocycles. The first-order valence-corrected chi connectivity index (χ1v) is 10.9. The summed E-state index contributed by atoms with van der Waals surface area (Å²) >= 11 is 0. The Balaban J connectivity index is 1.52. The lowest BCUT2D eigenvalue weighted by Crippen LogP contribution is -2.44. The third kappa shape index (κ3) is 4.82. The molecule has 0 saturated heterocycles. The number of hydrogen-bond donors (Lipinski definition) is 1. The topological polar surface area (TPSA) is 38.3 Å². The molecule has 0 spiro atoms. The minimum Gasteiger partial charge on any atom is -0.486 e. The Morgan fingerprint density at radius 2 is 1.69 bits per heavy atom. The molecule has 0 atom stereocenters. The molecule has 1 aliphatic carbocycles. The van der Waals surface area contributed by atoms with Crippen LogP contribution in [0.3, 0.4) is 0 Å². The van der Waals surface area contributed by atoms with Gasteiger partial charge in [-0.2, -0.15) is 0 Å². The average molecular weight is 436 g/mol. The van der Waals surface area contributed by atoms with Gasteiger partial charge in [0.25, 0.3) is 5.91 Å². The van der Waals surface area contributed by atoms with E-state index in [4.69, 9.17) is 4.74 Å². The summed E-state index contributed by atoms with van der Waals surface area (Å²) in [6.45, 7) is 4.18. The normalized spacial score (nSPS) is 14.9. The van der Waals surface area contributed by atoms with E-state index in [0.717, 1.165) is 49.4 Å². The molecule has 0 unspecified atom stereocenters. The van der Waals surface area contributed by atoms with Gasteiger partial charge >= 0.3 is 0 Å². The van der Waals surface area contributed by atoms with E-state index in [1.807, 2.05) is 0 Å². The molecule has 4 rings (SSSR count). The van der Waals surface area contributed by atoms with Gasteiger partial charge in [0.15, 0.2) is 11.6 Å². The first-order valence-electron chi connectivity index (χ1n) is 10.9. The lowest BCUT2D eigenvalue weighted by Gasteiger charge is -2.32. The van der Waals surface area contributed by atoms with Crippen LogP contribution in [0.15, 0.2) is 60.7 Å². The van der Waals surface area contributed by atoms with Crippen LogP contribution >= 0.6 is 0 Å². The summed E-state index contributed by atoms with van der Waals surface area (Å²) in [6, 6.07) is 16.6. The van der Waals surface area contributed by atoms with E-state index < -0.39 is 11.6 Å². The van der Waals surface area contributed by atoms with Gasteiger partial charge in [-0.25, -0.2) is 8.78 Å². The van der Waals surface area contributed by atoms with Gasteiger partial charge in [0.05, 0.1) is 5.54 Å². The van der Waals surface area contributed by atoms with E-state index in [1.165, 1.54) is 11.1 Å². The number of ether oxygens (including phenoxy) is 1. The number of carbonyl (C=O) groups is 1. The second-order valence-corrected chi connectivity index (χ2v) is 8.68. The van der Waals surface area contributed by atoms with Crippen molar-refractivity contribution >= 4 is 5.91 Å². The van der Waals surface area contributed by atoms with Crippen molar-refractivity contribution in [2.75, 3.05) is 0 Å². The largest absolute Gasteiger partial charge is 0.486 e. The van der Waals surface area contributed by atoms with Crippen LogP contribution in [0.4, 0.5) is 8.78 Å². The second kappa shape index (κ2) is 9.11. The van der Waals surface area contributed by atoms with E-state index in [-0.39, 0.29) is 23.8 Å². The Kier molecular flexibility index (Phi) is 6.26. The Bertz CT molecular complexity index is 1120. The van der Waals surface area contributed by atoms with Crippen molar-refractivity contribution in [3.63, 3.8) is 0 Å². The molecule has 1 fully saturated rings. The van der Waals surface area contributed by atoms with Crippen LogP contribution in [0.2, 0.25) is 0 Å². The van der Waals surface area contributed by atoms with Crippen LogP contribution in [0, 0.1) is 25.5 Å². The maximum atomic E-state index is 13.8. The van der Waals surface area contributed by atoms with Crippen LogP contribution in [-0.2, 0) is 12.1 Å². The summed E-state index contributed by atoms with van der Waals surface area (Å²) in [5.74, 6) is -1.50. The van der Waals surface area contributed by atoms with Crippen molar-refractivity contribution < 1.29 is 18.3 Å². The highest BCUT2D eigenvalue weighted by Gasteiger charge is 2.37. The van der Waals surface area contributed by atoms with Crippen molar-refractivity contribution in [3.05, 3.63) is 100 Å². The third-order valence-corrected chi connectivity index (χ3v) is 6.06. The molecular formula is C27H27F2NO2. The molecular weight excluding hydrogens is 408 g/mol. The molecule has 32 heavy (non-hydrogen) atoms. The molecule has 3 aromatic carbocycles. The highest BCUT2D eigenvalue weighted by molar-refractivity contribution is 5.95. The summed E-state index contributed by atoms with van der Waals surface area (Å²) in [6.07, 6.45) is 3.95. The number of rotatable bonds is 6. The van der Waals surface area contributed by atoms with Gasteiger partial charge < -0.3 is 10.1 Å². The molecule has 5 heteroatoms. The van der Waals surface area contributed by atoms with E-state index in [1.54, 1.807) is 24.3 Å². The van der Waals surface area contributed by atoms with Gasteiger partial charge in [-0.3, -0.25) is 4.79 Å². The number of hydrogen-bond acceptors (Lipinski definition) is 2. The van der Waals surface area contributed by atoms with Gasteiger partial charge in [0.2, 0.25) is 0 Å². The standard InChI is InChI=1S/C27H27F2NO2/c1-18-12-19(2)14-22(13-18)27(10-3-4-11-27)30-26(31)21-7-5-6-20(15-21)17-32-25-16-23(28)8-9-24(25)29/h5-9,12-16H,3-4,10-11,17H2,1-2H3,(H,30,31). The Morgan fingerprint density at radius 1 is 0.969 bits per heavy atom. The summed E-state index contributed by atoms with van der Waals surface area (Å²) in [5, 5.41) is 3.31. The van der Waals surface area contributed by atoms with Crippen LogP contribution in [0.25, 0.3) is 0 Å². The van der Waals surface area contributed by atoms with Crippen LogP contribution in [-0.4, -0.2) is 5.91 Å². The van der Waals surface area contributed by atoms with Gasteiger partial charge in [-0.05, 0) is 62.1 Å². The van der Waals surface area contributed by atoms with Crippen molar-refractivity contribution in [1.82, 2.24) is 5.32 Å². The molecule has 0 bridgehead atoms. The smallest absolute Gasteiger partial charge is 0.251 e. The summed E-state index contributed by atoms with van der Waals surface area (Å²) in [4.78, 5) is 13.2. The molecule has 0 radical (unpaired) electrons. The number of carbonyl (C=O) groups excluding carboxylic acids is 1. The molecule has 1 amide bonds. The summed E-state index contributed by atoms with van der Waals surface area (Å²) in [7, 11) is 0. The Labute approximate surface area is 187 Å². The highest BCUT2D eigenvalue weighted by atomic mass is 19.1. The zero-order valence-electron chi connectivity index (χ0n) is 18.4. The molecule has 3 nitrogen and oxygen atoms in total. The van der Waals surface area contributed by atoms with E-state index >= 15 is 0 Å². The molecule has 0 aliphatic heterocycles. The van der Waals surface area contributed by atoms with Crippen LogP contribution in [0.1, 0.15) is 58.3 Å². The van der Waals surface area contributed by atoms with Crippen molar-refractivity contribution in [3.8, 4) is 5.75 Å². The van der Waals surface area contributed by atoms with E-state index in [2.05, 4.69) is 37.4 Å². The first-order chi connectivity index (χ1) is 15.3. The van der Waals surface area contributed by atoms with Crippen molar-refractivity contribution in [2.45, 2.75) is 51.7 Å². The number of aryl methyl sites for hydroxylation is 2. The van der Waals surface area contributed by atoms with Gasteiger partial charge in [-0.1, -0.05) is 54.3 Å². The molecule has 1 saturated carbocycles. The highest BCUT2D eigenvalue weighted by Crippen LogP contribution is 2.39. The zero-order valence-corrected chi connectivity index (χ0v) is 18.4. The minimum atomic E-state index is -0.628. The Morgan fingerprint density at radius 3 is 2.41 bits per heavy atom. The van der Waals surface area contributed by atoms with E-state index in [9.17, 15) is 13.6 Å². The lowest BCUT2D eigenvalue weighted by atomic mass is 9.86. The zero-order chi connectivity index (χ0) is 22.7. The van der Waals surface area contributed by atoms with E-state index in [0.29, 0.717) is 11.1 Å². The fraction of sp³-hybridized carbons (Fsp3) is 0.296. The number of nitrogens with one attached hydrogen (secondary N) is 1. The molecule has 166 valence electrons. The fourth-order valence-electron chi connectivity index (χ4n) is 4.56. The minimum absolute atomic E-state index is 0.0315. The lowest BCUT2D eigenvalue weighted by molar-refractivity contribution is 0.0898. The molecule has 3 aromatic rings. The maximum Gasteiger partial charge on any atom is 0.251 e. The number of benzene rings is 3. The van der Waals surface area contributed by atoms with Crippen molar-refractivity contribution in [1.29, 1.82) is 0 Å². The number of amides is 1. The van der Waals surface area contributed by atoms with Crippen LogP contribution < -0.4 is 10.1 Å². The predicted octanol–water partition coefficient (Wildman–Crippen LogP) is 6.36. The SMILES string of the molecule is Cc1cc(C)cc(C2(NC(=O)c3cccc(COc4cc(F)ccc4F)c3)CCCC2)c1. The second-order valence-electron chi connectivity index (χ2n) is 8.68. The predicted molar refractivity (Wildman–Crippen MR) is 121 cm³/mol. The van der Waals surface area contributed by atoms with Gasteiger partial charge in [0, 0.05) is 11.6 Å². The summed E-state index contributed by atoms with van der Waals surface area (Å²) in [5.41, 5.74) is 4.37. The molecule has 1 N–H and O–H groups in total.